The van der Waals surface area contributed by atoms with Crippen LogP contribution >= 0.6 is 15.9 Å². The molecule has 0 unspecified atom stereocenters. The highest BCUT2D eigenvalue weighted by Gasteiger charge is 2.08. The van der Waals surface area contributed by atoms with Gasteiger partial charge in [0.1, 0.15) is 5.75 Å². The molecular weight excluding hydrogens is 292 g/mol. The SMILES string of the molecule is CN(c1ccc(O)cc1)c1ccc(Br)cc1CN. The number of halogens is 1. The number of rotatable bonds is 3. The van der Waals surface area contributed by atoms with Crippen LogP contribution in [0.15, 0.2) is 46.9 Å². The molecule has 94 valence electrons. The molecule has 0 amide bonds. The number of nitrogens with zero attached hydrogens (tertiary/aromatic N) is 1. The third-order valence-electron chi connectivity index (χ3n) is 2.86. The van der Waals surface area contributed by atoms with E-state index in [-0.39, 0.29) is 5.75 Å². The summed E-state index contributed by atoms with van der Waals surface area (Å²) in [5.41, 5.74) is 8.91. The Balaban J connectivity index is 2.39. The standard InChI is InChI=1S/C14H15BrN2O/c1-17(12-3-5-13(18)6-4-12)14-7-2-11(15)8-10(14)9-16/h2-8,18H,9,16H2,1H3. The lowest BCUT2D eigenvalue weighted by molar-refractivity contribution is 0.475. The molecule has 2 aromatic rings. The van der Waals surface area contributed by atoms with Crippen LogP contribution in [-0.4, -0.2) is 12.2 Å². The van der Waals surface area contributed by atoms with Gasteiger partial charge in [-0.1, -0.05) is 15.9 Å². The molecule has 3 nitrogen and oxygen atoms in total. The Morgan fingerprint density at radius 2 is 1.83 bits per heavy atom. The Morgan fingerprint density at radius 3 is 2.44 bits per heavy atom. The summed E-state index contributed by atoms with van der Waals surface area (Å²) < 4.78 is 1.02. The van der Waals surface area contributed by atoms with Crippen LogP contribution in [0, 0.1) is 0 Å². The highest BCUT2D eigenvalue weighted by atomic mass is 79.9. The van der Waals surface area contributed by atoms with Crippen LogP contribution in [-0.2, 0) is 6.54 Å². The Kier molecular flexibility index (Phi) is 3.89. The number of hydrogen-bond acceptors (Lipinski definition) is 3. The first-order chi connectivity index (χ1) is 8.61. The average molecular weight is 307 g/mol. The van der Waals surface area contributed by atoms with Gasteiger partial charge >= 0.3 is 0 Å². The van der Waals surface area contributed by atoms with Gasteiger partial charge in [-0.15, -0.1) is 0 Å². The second-order valence-corrected chi connectivity index (χ2v) is 4.97. The van der Waals surface area contributed by atoms with Gasteiger partial charge in [0.05, 0.1) is 0 Å². The molecule has 2 rings (SSSR count). The van der Waals surface area contributed by atoms with Gasteiger partial charge in [-0.3, -0.25) is 0 Å². The molecule has 0 atom stereocenters. The molecule has 3 N–H and O–H groups in total. The minimum Gasteiger partial charge on any atom is -0.508 e. The third-order valence-corrected chi connectivity index (χ3v) is 3.35. The molecule has 0 spiro atoms. The van der Waals surface area contributed by atoms with Crippen molar-refractivity contribution in [1.29, 1.82) is 0 Å². The minimum absolute atomic E-state index is 0.266. The maximum atomic E-state index is 9.30. The predicted molar refractivity (Wildman–Crippen MR) is 78.2 cm³/mol. The largest absolute Gasteiger partial charge is 0.508 e. The zero-order chi connectivity index (χ0) is 13.1. The summed E-state index contributed by atoms with van der Waals surface area (Å²) in [6.45, 7) is 0.483. The summed E-state index contributed by atoms with van der Waals surface area (Å²) in [5, 5.41) is 9.30. The Hall–Kier alpha value is -1.52. The second kappa shape index (κ2) is 5.42. The first-order valence-corrected chi connectivity index (χ1v) is 6.42. The van der Waals surface area contributed by atoms with E-state index in [0.29, 0.717) is 6.54 Å². The number of benzene rings is 2. The van der Waals surface area contributed by atoms with Crippen LogP contribution in [0.25, 0.3) is 0 Å². The molecule has 18 heavy (non-hydrogen) atoms. The van der Waals surface area contributed by atoms with E-state index in [0.717, 1.165) is 21.4 Å². The van der Waals surface area contributed by atoms with Crippen LogP contribution in [0.4, 0.5) is 11.4 Å². The zero-order valence-electron chi connectivity index (χ0n) is 10.1. The predicted octanol–water partition coefficient (Wildman–Crippen LogP) is 3.38. The smallest absolute Gasteiger partial charge is 0.115 e. The monoisotopic (exact) mass is 306 g/mol. The summed E-state index contributed by atoms with van der Waals surface area (Å²) in [7, 11) is 1.98. The quantitative estimate of drug-likeness (QED) is 0.914. The van der Waals surface area contributed by atoms with E-state index < -0.39 is 0 Å². The van der Waals surface area contributed by atoms with Gasteiger partial charge < -0.3 is 15.7 Å². The Labute approximate surface area is 115 Å². The molecule has 0 bridgehead atoms. The lowest BCUT2D eigenvalue weighted by Gasteiger charge is -2.22. The molecular formula is C14H15BrN2O. The van der Waals surface area contributed by atoms with Gasteiger partial charge in [-0.05, 0) is 48.0 Å². The average Bonchev–Trinajstić information content (AvgIpc) is 2.38. The highest BCUT2D eigenvalue weighted by Crippen LogP contribution is 2.29. The van der Waals surface area contributed by atoms with Crippen molar-refractivity contribution < 1.29 is 5.11 Å². The number of phenols is 1. The number of hydrogen-bond donors (Lipinski definition) is 2. The molecule has 0 aliphatic heterocycles. The van der Waals surface area contributed by atoms with Crippen molar-refractivity contribution in [1.82, 2.24) is 0 Å². The lowest BCUT2D eigenvalue weighted by atomic mass is 10.1. The van der Waals surface area contributed by atoms with Crippen LogP contribution in [0.2, 0.25) is 0 Å². The minimum atomic E-state index is 0.266. The van der Waals surface area contributed by atoms with Crippen molar-refractivity contribution in [3.63, 3.8) is 0 Å². The maximum absolute atomic E-state index is 9.30. The maximum Gasteiger partial charge on any atom is 0.115 e. The summed E-state index contributed by atoms with van der Waals surface area (Å²) in [6, 6.07) is 13.1. The van der Waals surface area contributed by atoms with Crippen LogP contribution in [0.1, 0.15) is 5.56 Å². The van der Waals surface area contributed by atoms with E-state index in [1.54, 1.807) is 12.1 Å². The van der Waals surface area contributed by atoms with Gasteiger partial charge in [0.2, 0.25) is 0 Å². The first kappa shape index (κ1) is 12.9. The van der Waals surface area contributed by atoms with Crippen molar-refractivity contribution in [2.75, 3.05) is 11.9 Å². The third kappa shape index (κ3) is 2.66. The molecule has 0 aliphatic rings. The van der Waals surface area contributed by atoms with Crippen LogP contribution in [0.3, 0.4) is 0 Å². The highest BCUT2D eigenvalue weighted by molar-refractivity contribution is 9.10. The van der Waals surface area contributed by atoms with Gasteiger partial charge in [0.25, 0.3) is 0 Å². The summed E-state index contributed by atoms with van der Waals surface area (Å²) in [4.78, 5) is 2.05. The van der Waals surface area contributed by atoms with Gasteiger partial charge in [-0.25, -0.2) is 0 Å². The fourth-order valence-electron chi connectivity index (χ4n) is 1.86. The van der Waals surface area contributed by atoms with Crippen molar-refractivity contribution in [3.8, 4) is 5.75 Å². The first-order valence-electron chi connectivity index (χ1n) is 5.63. The van der Waals surface area contributed by atoms with Gasteiger partial charge in [-0.2, -0.15) is 0 Å². The van der Waals surface area contributed by atoms with Crippen molar-refractivity contribution in [2.24, 2.45) is 5.73 Å². The normalized spacial score (nSPS) is 10.4. The summed E-state index contributed by atoms with van der Waals surface area (Å²) in [6.07, 6.45) is 0. The van der Waals surface area contributed by atoms with E-state index in [1.165, 1.54) is 0 Å². The van der Waals surface area contributed by atoms with Crippen LogP contribution in [0.5, 0.6) is 5.75 Å². The molecule has 0 heterocycles. The fourth-order valence-corrected chi connectivity index (χ4v) is 2.27. The van der Waals surface area contributed by atoms with Crippen molar-refractivity contribution >= 4 is 27.3 Å². The summed E-state index contributed by atoms with van der Waals surface area (Å²) >= 11 is 3.44. The van der Waals surface area contributed by atoms with E-state index in [1.807, 2.05) is 42.3 Å². The molecule has 0 radical (unpaired) electrons. The molecule has 2 aromatic carbocycles. The number of nitrogens with two attached hydrogens (primary N) is 1. The van der Waals surface area contributed by atoms with E-state index >= 15 is 0 Å². The number of phenolic OH excluding ortho intramolecular Hbond substituents is 1. The Morgan fingerprint density at radius 1 is 1.17 bits per heavy atom. The van der Waals surface area contributed by atoms with Crippen molar-refractivity contribution in [2.45, 2.75) is 6.54 Å². The fraction of sp³-hybridized carbons (Fsp3) is 0.143. The molecule has 4 heteroatoms. The summed E-state index contributed by atoms with van der Waals surface area (Å²) in [5.74, 6) is 0.266. The van der Waals surface area contributed by atoms with Crippen molar-refractivity contribution in [3.05, 3.63) is 52.5 Å². The van der Waals surface area contributed by atoms with Crippen LogP contribution < -0.4 is 10.6 Å². The lowest BCUT2D eigenvalue weighted by Crippen LogP contribution is -2.13. The van der Waals surface area contributed by atoms with Gasteiger partial charge in [0, 0.05) is 29.4 Å². The molecule has 0 aromatic heterocycles. The second-order valence-electron chi connectivity index (χ2n) is 4.05. The number of anilines is 2. The van der Waals surface area contributed by atoms with E-state index in [9.17, 15) is 5.11 Å². The topological polar surface area (TPSA) is 49.5 Å². The van der Waals surface area contributed by atoms with E-state index in [4.69, 9.17) is 5.73 Å². The Bertz CT molecular complexity index is 540. The molecule has 0 aliphatic carbocycles. The molecule has 0 fully saturated rings. The van der Waals surface area contributed by atoms with Gasteiger partial charge in [0.15, 0.2) is 0 Å². The molecule has 0 saturated heterocycles. The number of aromatic hydroxyl groups is 1. The van der Waals surface area contributed by atoms with E-state index in [2.05, 4.69) is 15.9 Å². The zero-order valence-corrected chi connectivity index (χ0v) is 11.7. The molecule has 0 saturated carbocycles.